The highest BCUT2D eigenvalue weighted by molar-refractivity contribution is 7.15. The van der Waals surface area contributed by atoms with Crippen LogP contribution >= 0.6 is 22.9 Å². The van der Waals surface area contributed by atoms with Crippen LogP contribution in [-0.4, -0.2) is 4.98 Å². The van der Waals surface area contributed by atoms with E-state index in [1.807, 2.05) is 19.1 Å². The van der Waals surface area contributed by atoms with E-state index in [4.69, 9.17) is 17.3 Å². The van der Waals surface area contributed by atoms with E-state index in [0.717, 1.165) is 15.8 Å². The van der Waals surface area contributed by atoms with E-state index in [-0.39, 0.29) is 0 Å². The molecule has 0 radical (unpaired) electrons. The summed E-state index contributed by atoms with van der Waals surface area (Å²) in [5.74, 6) is 0.733. The van der Waals surface area contributed by atoms with Gasteiger partial charge in [0.1, 0.15) is 0 Å². The summed E-state index contributed by atoms with van der Waals surface area (Å²) in [6.45, 7) is 6.59. The largest absolute Gasteiger partial charge is 0.375 e. The van der Waals surface area contributed by atoms with Gasteiger partial charge in [0.05, 0.1) is 0 Å². The lowest BCUT2D eigenvalue weighted by atomic mass is 10.0. The first kappa shape index (κ1) is 14.4. The zero-order valence-corrected chi connectivity index (χ0v) is 13.1. The Hall–Kier alpha value is -1.06. The third kappa shape index (κ3) is 3.95. The van der Waals surface area contributed by atoms with Crippen LogP contribution in [0.25, 0.3) is 0 Å². The van der Waals surface area contributed by atoms with Crippen molar-refractivity contribution in [3.05, 3.63) is 45.9 Å². The molecule has 19 heavy (non-hydrogen) atoms. The van der Waals surface area contributed by atoms with Crippen molar-refractivity contribution in [2.45, 2.75) is 33.1 Å². The fourth-order valence-electron chi connectivity index (χ4n) is 2.13. The van der Waals surface area contributed by atoms with Gasteiger partial charge in [0, 0.05) is 16.1 Å². The van der Waals surface area contributed by atoms with Crippen molar-refractivity contribution < 1.29 is 0 Å². The molecule has 1 aromatic carbocycles. The van der Waals surface area contributed by atoms with E-state index in [9.17, 15) is 0 Å². The minimum atomic E-state index is 0.505. The number of rotatable bonds is 1. The van der Waals surface area contributed by atoms with Crippen molar-refractivity contribution in [2.24, 2.45) is 5.41 Å². The second kappa shape index (κ2) is 5.51. The van der Waals surface area contributed by atoms with E-state index in [2.05, 4.69) is 31.0 Å². The predicted octanol–water partition coefficient (Wildman–Crippen LogP) is 4.89. The number of benzene rings is 1. The monoisotopic (exact) mass is 294 g/mol. The molecule has 4 heteroatoms. The van der Waals surface area contributed by atoms with Gasteiger partial charge in [-0.15, -0.1) is 11.3 Å². The Balaban J connectivity index is 0.000000163. The average Bonchev–Trinajstić information content (AvgIpc) is 2.80. The van der Waals surface area contributed by atoms with Crippen LogP contribution in [0.4, 0.5) is 5.13 Å². The van der Waals surface area contributed by atoms with Crippen LogP contribution in [0.2, 0.25) is 5.02 Å². The Morgan fingerprint density at radius 1 is 1.42 bits per heavy atom. The number of nitrogens with zero attached hydrogens (tertiary/aromatic N) is 1. The molecule has 2 nitrogen and oxygen atoms in total. The van der Waals surface area contributed by atoms with E-state index < -0.39 is 0 Å². The molecule has 1 aromatic heterocycles. The van der Waals surface area contributed by atoms with Crippen molar-refractivity contribution in [2.75, 3.05) is 5.73 Å². The highest BCUT2D eigenvalue weighted by Crippen LogP contribution is 2.58. The first-order valence-electron chi connectivity index (χ1n) is 6.32. The standard InChI is InChI=1S/C11H13Cl.C4H6N2S/c1-11(2)7-10(11)8-4-3-5-9(12)6-8;1-3-2-6-4(5)7-3/h3-6,10H,7H2,1-2H3;2H,1H3,(H2,5,6)/t10-;/m0./s1. The van der Waals surface area contributed by atoms with Crippen molar-refractivity contribution in [3.63, 3.8) is 0 Å². The average molecular weight is 295 g/mol. The summed E-state index contributed by atoms with van der Waals surface area (Å²) in [6.07, 6.45) is 3.06. The highest BCUT2D eigenvalue weighted by atomic mass is 35.5. The summed E-state index contributed by atoms with van der Waals surface area (Å²) >= 11 is 7.42. The maximum Gasteiger partial charge on any atom is 0.180 e. The summed E-state index contributed by atoms with van der Waals surface area (Å²) in [5, 5.41) is 1.51. The second-order valence-corrected chi connectivity index (χ2v) is 7.31. The zero-order valence-electron chi connectivity index (χ0n) is 11.5. The first-order valence-corrected chi connectivity index (χ1v) is 7.51. The Morgan fingerprint density at radius 2 is 2.11 bits per heavy atom. The smallest absolute Gasteiger partial charge is 0.180 e. The van der Waals surface area contributed by atoms with Crippen LogP contribution in [0.5, 0.6) is 0 Å². The normalized spacial score (nSPS) is 19.5. The number of hydrogen-bond acceptors (Lipinski definition) is 3. The van der Waals surface area contributed by atoms with Crippen molar-refractivity contribution in [3.8, 4) is 0 Å². The third-order valence-corrected chi connectivity index (χ3v) is 4.38. The van der Waals surface area contributed by atoms with Gasteiger partial charge in [0.25, 0.3) is 0 Å². The molecule has 0 spiro atoms. The molecule has 0 bridgehead atoms. The second-order valence-electron chi connectivity index (χ2n) is 5.61. The molecular formula is C15H19ClN2S. The molecule has 1 saturated carbocycles. The maximum absolute atomic E-state index is 5.91. The van der Waals surface area contributed by atoms with Gasteiger partial charge in [-0.2, -0.15) is 0 Å². The molecular weight excluding hydrogens is 276 g/mol. The maximum atomic E-state index is 5.91. The number of hydrogen-bond donors (Lipinski definition) is 1. The number of aromatic nitrogens is 1. The number of aryl methyl sites for hydroxylation is 1. The molecule has 1 heterocycles. The molecule has 1 atom stereocenters. The molecule has 0 aliphatic heterocycles. The molecule has 102 valence electrons. The van der Waals surface area contributed by atoms with Gasteiger partial charge in [-0.25, -0.2) is 4.98 Å². The molecule has 1 aliphatic carbocycles. The SMILES string of the molecule is CC1(C)C[C@H]1c1cccc(Cl)c1.Cc1cnc(N)s1. The van der Waals surface area contributed by atoms with E-state index in [1.165, 1.54) is 23.3 Å². The Bertz CT molecular complexity index is 546. The van der Waals surface area contributed by atoms with E-state index in [0.29, 0.717) is 10.5 Å². The summed E-state index contributed by atoms with van der Waals surface area (Å²) in [4.78, 5) is 4.98. The number of nitrogen functional groups attached to an aromatic ring is 1. The molecule has 1 fully saturated rings. The van der Waals surface area contributed by atoms with Gasteiger partial charge in [0.15, 0.2) is 5.13 Å². The van der Waals surface area contributed by atoms with E-state index >= 15 is 0 Å². The van der Waals surface area contributed by atoms with Gasteiger partial charge < -0.3 is 5.73 Å². The molecule has 0 unspecified atom stereocenters. The van der Waals surface area contributed by atoms with Crippen LogP contribution in [0.3, 0.4) is 0 Å². The summed E-state index contributed by atoms with van der Waals surface area (Å²) in [7, 11) is 0. The molecule has 2 aromatic rings. The first-order chi connectivity index (χ1) is 8.88. The van der Waals surface area contributed by atoms with Gasteiger partial charge in [-0.1, -0.05) is 37.6 Å². The number of nitrogens with two attached hydrogens (primary N) is 1. The van der Waals surface area contributed by atoms with Gasteiger partial charge in [-0.05, 0) is 42.4 Å². The lowest BCUT2D eigenvalue weighted by molar-refractivity contribution is 0.622. The number of halogens is 1. The van der Waals surface area contributed by atoms with Crippen LogP contribution < -0.4 is 5.73 Å². The third-order valence-electron chi connectivity index (χ3n) is 3.40. The quantitative estimate of drug-likeness (QED) is 0.813. The molecule has 0 amide bonds. The van der Waals surface area contributed by atoms with Crippen molar-refractivity contribution >= 4 is 28.1 Å². The fraction of sp³-hybridized carbons (Fsp3) is 0.400. The lowest BCUT2D eigenvalue weighted by Gasteiger charge is -2.03. The fourth-order valence-corrected chi connectivity index (χ4v) is 2.87. The Kier molecular flexibility index (Phi) is 4.16. The minimum Gasteiger partial charge on any atom is -0.375 e. The summed E-state index contributed by atoms with van der Waals surface area (Å²) in [6, 6.07) is 8.22. The van der Waals surface area contributed by atoms with Gasteiger partial charge >= 0.3 is 0 Å². The molecule has 2 N–H and O–H groups in total. The zero-order chi connectivity index (χ0) is 14.0. The molecule has 3 rings (SSSR count). The Labute approximate surface area is 123 Å². The van der Waals surface area contributed by atoms with E-state index in [1.54, 1.807) is 6.20 Å². The number of thiazole rings is 1. The minimum absolute atomic E-state index is 0.505. The van der Waals surface area contributed by atoms with Crippen LogP contribution in [0.15, 0.2) is 30.5 Å². The summed E-state index contributed by atoms with van der Waals surface area (Å²) < 4.78 is 0. The molecule has 1 aliphatic rings. The van der Waals surface area contributed by atoms with Crippen LogP contribution in [0, 0.1) is 12.3 Å². The lowest BCUT2D eigenvalue weighted by Crippen LogP contribution is -1.88. The molecule has 0 saturated heterocycles. The number of anilines is 1. The van der Waals surface area contributed by atoms with Gasteiger partial charge in [0.2, 0.25) is 0 Å². The van der Waals surface area contributed by atoms with Crippen molar-refractivity contribution in [1.82, 2.24) is 4.98 Å². The topological polar surface area (TPSA) is 38.9 Å². The van der Waals surface area contributed by atoms with Crippen LogP contribution in [0.1, 0.15) is 36.6 Å². The highest BCUT2D eigenvalue weighted by Gasteiger charge is 2.46. The summed E-state index contributed by atoms with van der Waals surface area (Å²) in [5.41, 5.74) is 7.19. The van der Waals surface area contributed by atoms with Crippen molar-refractivity contribution in [1.29, 1.82) is 0 Å². The van der Waals surface area contributed by atoms with Crippen LogP contribution in [-0.2, 0) is 0 Å². The predicted molar refractivity (Wildman–Crippen MR) is 83.9 cm³/mol. The Morgan fingerprint density at radius 3 is 2.47 bits per heavy atom. The van der Waals surface area contributed by atoms with Gasteiger partial charge in [-0.3, -0.25) is 0 Å².